The normalized spacial score (nSPS) is 31.7. The van der Waals surface area contributed by atoms with Gasteiger partial charge in [0.05, 0.1) is 7.11 Å². The van der Waals surface area contributed by atoms with Crippen molar-refractivity contribution in [2.24, 2.45) is 11.8 Å². The van der Waals surface area contributed by atoms with Crippen molar-refractivity contribution < 1.29 is 38.2 Å². The third kappa shape index (κ3) is 7.09. The van der Waals surface area contributed by atoms with Crippen molar-refractivity contribution in [1.82, 2.24) is 15.1 Å². The van der Waals surface area contributed by atoms with Gasteiger partial charge in [-0.2, -0.15) is 0 Å². The van der Waals surface area contributed by atoms with E-state index in [9.17, 15) is 24.0 Å². The topological polar surface area (TPSA) is 132 Å². The van der Waals surface area contributed by atoms with Crippen molar-refractivity contribution in [3.8, 4) is 0 Å². The molecule has 11 nitrogen and oxygen atoms in total. The summed E-state index contributed by atoms with van der Waals surface area (Å²) in [5.74, 6) is -2.23. The highest BCUT2D eigenvalue weighted by Gasteiger charge is 2.69. The van der Waals surface area contributed by atoms with Gasteiger partial charge in [0.1, 0.15) is 23.8 Å². The molecule has 0 spiro atoms. The van der Waals surface area contributed by atoms with E-state index >= 15 is 0 Å². The summed E-state index contributed by atoms with van der Waals surface area (Å²) in [6.45, 7) is 7.27. The van der Waals surface area contributed by atoms with E-state index in [0.717, 1.165) is 49.8 Å². The molecule has 2 aliphatic heterocycles. The molecular weight excluding hydrogens is 542 g/mol. The van der Waals surface area contributed by atoms with Gasteiger partial charge in [-0.15, -0.1) is 0 Å². The maximum absolute atomic E-state index is 14.4. The molecule has 2 saturated carbocycles. The number of carbonyl (C=O) groups is 5. The van der Waals surface area contributed by atoms with E-state index < -0.39 is 59.1 Å². The number of fused-ring (bicyclic) bond motifs is 2. The van der Waals surface area contributed by atoms with Crippen molar-refractivity contribution in [3.05, 3.63) is 12.2 Å². The Morgan fingerprint density at radius 2 is 1.69 bits per heavy atom. The van der Waals surface area contributed by atoms with Gasteiger partial charge in [0, 0.05) is 12.5 Å². The van der Waals surface area contributed by atoms with Crippen LogP contribution in [0.2, 0.25) is 0 Å². The monoisotopic (exact) mass is 589 g/mol. The fourth-order valence-corrected chi connectivity index (χ4v) is 6.53. The van der Waals surface area contributed by atoms with Gasteiger partial charge in [-0.25, -0.2) is 19.3 Å². The number of hydrogen-bond donors (Lipinski definition) is 1. The van der Waals surface area contributed by atoms with Crippen molar-refractivity contribution in [2.75, 3.05) is 13.7 Å². The lowest BCUT2D eigenvalue weighted by Gasteiger charge is -2.35. The number of amides is 4. The first-order valence-electron chi connectivity index (χ1n) is 15.5. The van der Waals surface area contributed by atoms with Crippen molar-refractivity contribution >= 4 is 30.0 Å². The van der Waals surface area contributed by atoms with E-state index in [0.29, 0.717) is 19.3 Å². The van der Waals surface area contributed by atoms with E-state index in [1.54, 1.807) is 20.8 Å². The minimum absolute atomic E-state index is 0.0441. The van der Waals surface area contributed by atoms with Gasteiger partial charge in [-0.05, 0) is 84.5 Å². The minimum Gasteiger partial charge on any atom is -0.467 e. The number of ether oxygens (including phenoxy) is 3. The predicted molar refractivity (Wildman–Crippen MR) is 153 cm³/mol. The van der Waals surface area contributed by atoms with Gasteiger partial charge in [-0.3, -0.25) is 9.59 Å². The third-order valence-electron chi connectivity index (χ3n) is 8.70. The lowest BCUT2D eigenvalue weighted by molar-refractivity contribution is -0.157. The van der Waals surface area contributed by atoms with Crippen LogP contribution in [0, 0.1) is 11.8 Å². The number of carbonyl (C=O) groups excluding carboxylic acids is 5. The van der Waals surface area contributed by atoms with Crippen LogP contribution in [0.3, 0.4) is 0 Å². The van der Waals surface area contributed by atoms with E-state index in [4.69, 9.17) is 14.2 Å². The summed E-state index contributed by atoms with van der Waals surface area (Å²) in [6, 6.07) is -1.88. The Morgan fingerprint density at radius 1 is 1.00 bits per heavy atom. The second-order valence-electron chi connectivity index (χ2n) is 13.3. The van der Waals surface area contributed by atoms with Crippen LogP contribution in [0.4, 0.5) is 9.59 Å². The summed E-state index contributed by atoms with van der Waals surface area (Å²) in [4.78, 5) is 70.6. The van der Waals surface area contributed by atoms with Crippen LogP contribution in [0.1, 0.15) is 98.3 Å². The molecule has 0 radical (unpaired) electrons. The number of nitrogens with zero attached hydrogens (tertiary/aromatic N) is 2. The summed E-state index contributed by atoms with van der Waals surface area (Å²) in [7, 11) is 1.23. The fourth-order valence-electron chi connectivity index (χ4n) is 6.53. The molecule has 2 aliphatic carbocycles. The number of methoxy groups -OCH3 is 1. The highest BCUT2D eigenvalue weighted by Crippen LogP contribution is 2.52. The Balaban J connectivity index is 1.68. The Labute approximate surface area is 248 Å². The number of imide groups is 1. The molecule has 1 saturated heterocycles. The number of nitrogens with one attached hydrogen (secondary N) is 1. The number of alkyl carbamates (subject to hydrolysis) is 1. The molecule has 4 aliphatic rings. The first-order valence-corrected chi connectivity index (χ1v) is 15.5. The zero-order valence-corrected chi connectivity index (χ0v) is 25.7. The first kappa shape index (κ1) is 31.8. The highest BCUT2D eigenvalue weighted by molar-refractivity contribution is 6.04. The number of esters is 1. The van der Waals surface area contributed by atoms with Crippen LogP contribution in [-0.4, -0.2) is 82.8 Å². The molecule has 11 heteroatoms. The van der Waals surface area contributed by atoms with Crippen LogP contribution >= 0.6 is 0 Å². The summed E-state index contributed by atoms with van der Waals surface area (Å²) >= 11 is 0. The fraction of sp³-hybridized carbons (Fsp3) is 0.774. The lowest BCUT2D eigenvalue weighted by atomic mass is 10.0. The van der Waals surface area contributed by atoms with Gasteiger partial charge < -0.3 is 24.4 Å². The second-order valence-corrected chi connectivity index (χ2v) is 13.3. The smallest absolute Gasteiger partial charge is 0.418 e. The van der Waals surface area contributed by atoms with Crippen LogP contribution in [0.15, 0.2) is 12.2 Å². The van der Waals surface area contributed by atoms with Gasteiger partial charge >= 0.3 is 18.2 Å². The van der Waals surface area contributed by atoms with Crippen LogP contribution in [0.25, 0.3) is 0 Å². The Hall–Kier alpha value is -3.11. The number of allylic oxidation sites excluding steroid dienone is 1. The number of rotatable bonds is 3. The molecule has 0 aromatic carbocycles. The van der Waals surface area contributed by atoms with Crippen molar-refractivity contribution in [1.29, 1.82) is 0 Å². The molecule has 5 atom stereocenters. The molecule has 0 unspecified atom stereocenters. The van der Waals surface area contributed by atoms with Gasteiger partial charge in [0.25, 0.3) is 5.91 Å². The maximum atomic E-state index is 14.4. The second kappa shape index (κ2) is 13.0. The summed E-state index contributed by atoms with van der Waals surface area (Å²) in [6.07, 6.45) is 9.80. The van der Waals surface area contributed by atoms with E-state index in [2.05, 4.69) is 5.32 Å². The summed E-state index contributed by atoms with van der Waals surface area (Å²) in [5.41, 5.74) is -2.48. The first-order chi connectivity index (χ1) is 19.9. The van der Waals surface area contributed by atoms with E-state index in [1.807, 2.05) is 19.1 Å². The molecular formula is C31H47N3O8. The predicted octanol–water partition coefficient (Wildman–Crippen LogP) is 4.48. The Morgan fingerprint density at radius 3 is 2.36 bits per heavy atom. The average molecular weight is 590 g/mol. The zero-order chi connectivity index (χ0) is 30.7. The van der Waals surface area contributed by atoms with Gasteiger partial charge in [0.2, 0.25) is 5.91 Å². The summed E-state index contributed by atoms with van der Waals surface area (Å²) < 4.78 is 16.4. The molecule has 4 amide bonds. The third-order valence-corrected chi connectivity index (χ3v) is 8.70. The Bertz CT molecular complexity index is 1080. The van der Waals surface area contributed by atoms with Crippen LogP contribution < -0.4 is 5.32 Å². The molecule has 0 aromatic rings. The van der Waals surface area contributed by atoms with Gasteiger partial charge in [-0.1, -0.05) is 31.9 Å². The Kier molecular flexibility index (Phi) is 9.88. The number of hydrogen-bond acceptors (Lipinski definition) is 8. The van der Waals surface area contributed by atoms with Gasteiger partial charge in [0.15, 0.2) is 5.54 Å². The van der Waals surface area contributed by atoms with E-state index in [1.165, 1.54) is 12.0 Å². The van der Waals surface area contributed by atoms with Crippen LogP contribution in [-0.2, 0) is 28.6 Å². The summed E-state index contributed by atoms with van der Waals surface area (Å²) in [5, 5.41) is 2.79. The maximum Gasteiger partial charge on any atom is 0.418 e. The van der Waals surface area contributed by atoms with Crippen molar-refractivity contribution in [3.63, 3.8) is 0 Å². The lowest BCUT2D eigenvalue weighted by Crippen LogP contribution is -2.60. The zero-order valence-electron chi connectivity index (χ0n) is 25.7. The molecule has 2 heterocycles. The SMILES string of the molecule is COC(=O)[C@@]12C[C@H]1/C=C\CCCCC[C@H](NC(=O)OC1CCCC1)C(=O)N1C[C@H](C)C[C@H]1C(=O)N2C(=O)OC(C)(C)C. The van der Waals surface area contributed by atoms with Crippen molar-refractivity contribution in [2.45, 2.75) is 128 Å². The molecule has 3 fully saturated rings. The van der Waals surface area contributed by atoms with E-state index in [-0.39, 0.29) is 25.0 Å². The quantitative estimate of drug-likeness (QED) is 0.290. The average Bonchev–Trinajstić information content (AvgIpc) is 3.21. The molecule has 42 heavy (non-hydrogen) atoms. The molecule has 0 aromatic heterocycles. The molecule has 4 rings (SSSR count). The molecule has 0 bridgehead atoms. The largest absolute Gasteiger partial charge is 0.467 e. The van der Waals surface area contributed by atoms with Crippen LogP contribution in [0.5, 0.6) is 0 Å². The molecule has 1 N–H and O–H groups in total. The minimum atomic E-state index is -1.55. The molecule has 234 valence electrons. The highest BCUT2D eigenvalue weighted by atomic mass is 16.6. The standard InChI is InChI=1S/C31H47N3O8/c1-20-17-24-26(36)34(29(39)42-30(2,3)4)31(27(37)40-5)18-21(31)13-9-7-6-8-10-16-23(25(35)33(24)19-20)32-28(38)41-22-14-11-12-15-22/h9,13,20-24H,6-8,10-12,14-19H2,1-5H3,(H,32,38)/b13-9-/t20-,21-,23+,24+,31-/m1/s1.